The van der Waals surface area contributed by atoms with Gasteiger partial charge >= 0.3 is 5.97 Å². The summed E-state index contributed by atoms with van der Waals surface area (Å²) in [6.45, 7) is 2.42. The molecule has 1 rings (SSSR count). The lowest BCUT2D eigenvalue weighted by Gasteiger charge is -2.06. The Hall–Kier alpha value is -2.37. The van der Waals surface area contributed by atoms with Gasteiger partial charge in [0.25, 0.3) is 5.91 Å². The number of carbonyl (C=O) groups excluding carboxylic acids is 2. The second-order valence-electron chi connectivity index (χ2n) is 4.35. The van der Waals surface area contributed by atoms with Crippen molar-refractivity contribution in [3.8, 4) is 0 Å². The molecule has 0 aliphatic heterocycles. The van der Waals surface area contributed by atoms with E-state index in [1.807, 2.05) is 6.07 Å². The number of nitrogens with zero attached hydrogens (tertiary/aromatic N) is 1. The number of oxime groups is 1. The van der Waals surface area contributed by atoms with Gasteiger partial charge in [0.2, 0.25) is 0 Å². The van der Waals surface area contributed by atoms with Crippen LogP contribution in [0.25, 0.3) is 0 Å². The van der Waals surface area contributed by atoms with Crippen LogP contribution in [0.4, 0.5) is 0 Å². The van der Waals surface area contributed by atoms with Crippen LogP contribution in [0, 0.1) is 0 Å². The number of carbonyl (C=O) groups is 2. The molecule has 0 aromatic heterocycles. The summed E-state index contributed by atoms with van der Waals surface area (Å²) in [4.78, 5) is 23.1. The summed E-state index contributed by atoms with van der Waals surface area (Å²) in [5.74, 6) is -0.731. The maximum absolute atomic E-state index is 11.7. The largest absolute Gasteiger partial charge is 0.461 e. The highest BCUT2D eigenvalue weighted by molar-refractivity contribution is 6.36. The highest BCUT2D eigenvalue weighted by Gasteiger charge is 2.12. The average molecular weight is 292 g/mol. The van der Waals surface area contributed by atoms with E-state index in [9.17, 15) is 9.59 Å². The zero-order valence-corrected chi connectivity index (χ0v) is 12.0. The van der Waals surface area contributed by atoms with Crippen LogP contribution in [-0.4, -0.2) is 35.9 Å². The van der Waals surface area contributed by atoms with Gasteiger partial charge in [0.15, 0.2) is 5.71 Å². The topological polar surface area (TPSA) is 88.0 Å². The minimum Gasteiger partial charge on any atom is -0.461 e. The second kappa shape index (κ2) is 9.52. The van der Waals surface area contributed by atoms with E-state index in [1.54, 1.807) is 31.2 Å². The molecule has 0 atom stereocenters. The highest BCUT2D eigenvalue weighted by atomic mass is 16.5. The van der Waals surface area contributed by atoms with Crippen molar-refractivity contribution in [2.75, 3.05) is 13.2 Å². The fraction of sp³-hybridized carbons (Fsp3) is 0.400. The predicted molar refractivity (Wildman–Crippen MR) is 78.5 cm³/mol. The fourth-order valence-corrected chi connectivity index (χ4v) is 1.72. The summed E-state index contributed by atoms with van der Waals surface area (Å²) in [5.41, 5.74) is 0.618. The molecule has 114 valence electrons. The molecule has 0 radical (unpaired) electrons. The van der Waals surface area contributed by atoms with Crippen molar-refractivity contribution in [2.45, 2.75) is 26.2 Å². The standard InChI is InChI=1S/C15H20N2O4/c1-2-21-15(19)13(17-20)10-6-7-11-16-14(18)12-8-4-3-5-9-12/h3-5,8-9,20H,2,6-7,10-11H2,1H3,(H,16,18). The SMILES string of the molecule is CCOC(=O)C(CCCCNC(=O)c1ccccc1)=NO. The Labute approximate surface area is 123 Å². The summed E-state index contributed by atoms with van der Waals surface area (Å²) < 4.78 is 4.75. The Morgan fingerprint density at radius 1 is 1.24 bits per heavy atom. The number of rotatable bonds is 8. The van der Waals surface area contributed by atoms with Crippen LogP contribution in [0.15, 0.2) is 35.5 Å². The summed E-state index contributed by atoms with van der Waals surface area (Å²) in [5, 5.41) is 14.5. The molecule has 1 aromatic carbocycles. The Kier molecular flexibility index (Phi) is 7.56. The van der Waals surface area contributed by atoms with E-state index >= 15 is 0 Å². The maximum atomic E-state index is 11.7. The smallest absolute Gasteiger partial charge is 0.356 e. The molecular formula is C15H20N2O4. The first-order valence-electron chi connectivity index (χ1n) is 6.90. The number of benzene rings is 1. The van der Waals surface area contributed by atoms with E-state index in [0.29, 0.717) is 31.4 Å². The average Bonchev–Trinajstić information content (AvgIpc) is 2.51. The number of nitrogens with one attached hydrogen (secondary N) is 1. The van der Waals surface area contributed by atoms with Crippen molar-refractivity contribution in [3.63, 3.8) is 0 Å². The number of unbranched alkanes of at least 4 members (excludes halogenated alkanes) is 1. The van der Waals surface area contributed by atoms with E-state index in [-0.39, 0.29) is 18.2 Å². The second-order valence-corrected chi connectivity index (χ2v) is 4.35. The molecule has 2 N–H and O–H groups in total. The van der Waals surface area contributed by atoms with Crippen LogP contribution in [0.1, 0.15) is 36.5 Å². The number of esters is 1. The van der Waals surface area contributed by atoms with Gasteiger partial charge in [-0.1, -0.05) is 23.4 Å². The first-order chi connectivity index (χ1) is 10.2. The van der Waals surface area contributed by atoms with Gasteiger partial charge in [-0.15, -0.1) is 0 Å². The number of ether oxygens (including phenoxy) is 1. The van der Waals surface area contributed by atoms with Crippen molar-refractivity contribution in [1.82, 2.24) is 5.32 Å². The van der Waals surface area contributed by atoms with Crippen LogP contribution in [0.3, 0.4) is 0 Å². The van der Waals surface area contributed by atoms with E-state index in [4.69, 9.17) is 9.94 Å². The van der Waals surface area contributed by atoms with Crippen molar-refractivity contribution in [1.29, 1.82) is 0 Å². The third-order valence-electron chi connectivity index (χ3n) is 2.79. The zero-order valence-electron chi connectivity index (χ0n) is 12.0. The summed E-state index contributed by atoms with van der Waals surface area (Å²) >= 11 is 0. The van der Waals surface area contributed by atoms with Gasteiger partial charge in [-0.3, -0.25) is 4.79 Å². The van der Waals surface area contributed by atoms with Gasteiger partial charge in [-0.2, -0.15) is 0 Å². The predicted octanol–water partition coefficient (Wildman–Crippen LogP) is 1.98. The first kappa shape index (κ1) is 16.7. The van der Waals surface area contributed by atoms with Gasteiger partial charge in [-0.25, -0.2) is 4.79 Å². The zero-order chi connectivity index (χ0) is 15.5. The highest BCUT2D eigenvalue weighted by Crippen LogP contribution is 2.01. The van der Waals surface area contributed by atoms with Gasteiger partial charge in [0.1, 0.15) is 0 Å². The lowest BCUT2D eigenvalue weighted by Crippen LogP contribution is -2.24. The molecule has 0 bridgehead atoms. The third-order valence-corrected chi connectivity index (χ3v) is 2.79. The molecule has 6 heteroatoms. The van der Waals surface area contributed by atoms with Gasteiger partial charge in [0, 0.05) is 18.5 Å². The quantitative estimate of drug-likeness (QED) is 0.252. The van der Waals surface area contributed by atoms with E-state index in [0.717, 1.165) is 0 Å². The summed E-state index contributed by atoms with van der Waals surface area (Å²) in [6, 6.07) is 8.94. The monoisotopic (exact) mass is 292 g/mol. The molecule has 0 heterocycles. The first-order valence-corrected chi connectivity index (χ1v) is 6.90. The van der Waals surface area contributed by atoms with Crippen LogP contribution in [0.5, 0.6) is 0 Å². The molecule has 0 aliphatic rings. The molecule has 21 heavy (non-hydrogen) atoms. The van der Waals surface area contributed by atoms with Gasteiger partial charge in [0.05, 0.1) is 6.61 Å². The van der Waals surface area contributed by atoms with E-state index in [1.165, 1.54) is 0 Å². The normalized spacial score (nSPS) is 11.0. The lowest BCUT2D eigenvalue weighted by molar-refractivity contribution is -0.135. The Morgan fingerprint density at radius 2 is 1.95 bits per heavy atom. The van der Waals surface area contributed by atoms with Crippen LogP contribution >= 0.6 is 0 Å². The molecule has 0 fully saturated rings. The van der Waals surface area contributed by atoms with Crippen molar-refractivity contribution in [3.05, 3.63) is 35.9 Å². The summed E-state index contributed by atoms with van der Waals surface area (Å²) in [6.07, 6.45) is 1.61. The minimum atomic E-state index is -0.603. The Balaban J connectivity index is 2.22. The molecule has 0 saturated heterocycles. The Morgan fingerprint density at radius 3 is 2.57 bits per heavy atom. The van der Waals surface area contributed by atoms with Crippen molar-refractivity contribution < 1.29 is 19.5 Å². The van der Waals surface area contributed by atoms with Crippen molar-refractivity contribution >= 4 is 17.6 Å². The molecule has 1 aromatic rings. The third kappa shape index (κ3) is 6.07. The molecular weight excluding hydrogens is 272 g/mol. The lowest BCUT2D eigenvalue weighted by atomic mass is 10.1. The van der Waals surface area contributed by atoms with Crippen LogP contribution in [0.2, 0.25) is 0 Å². The van der Waals surface area contributed by atoms with Crippen LogP contribution < -0.4 is 5.32 Å². The number of amides is 1. The van der Waals surface area contributed by atoms with Crippen molar-refractivity contribution in [2.24, 2.45) is 5.16 Å². The summed E-state index contributed by atoms with van der Waals surface area (Å²) in [7, 11) is 0. The van der Waals surface area contributed by atoms with Crippen LogP contribution in [-0.2, 0) is 9.53 Å². The molecule has 0 saturated carbocycles. The van der Waals surface area contributed by atoms with E-state index < -0.39 is 5.97 Å². The fourth-order valence-electron chi connectivity index (χ4n) is 1.72. The molecule has 1 amide bonds. The van der Waals surface area contributed by atoms with Gasteiger partial charge in [-0.05, 0) is 31.9 Å². The maximum Gasteiger partial charge on any atom is 0.356 e. The molecule has 6 nitrogen and oxygen atoms in total. The number of hydrogen-bond acceptors (Lipinski definition) is 5. The van der Waals surface area contributed by atoms with Gasteiger partial charge < -0.3 is 15.3 Å². The Bertz CT molecular complexity index is 486. The molecule has 0 aliphatic carbocycles. The minimum absolute atomic E-state index is 0.00577. The molecule has 0 unspecified atom stereocenters. The number of hydrogen-bond donors (Lipinski definition) is 2. The van der Waals surface area contributed by atoms with E-state index in [2.05, 4.69) is 10.5 Å². The molecule has 0 spiro atoms.